The largest absolute Gasteiger partial charge is 0.394 e. The van der Waals surface area contributed by atoms with Gasteiger partial charge in [-0.15, -0.1) is 0 Å². The number of aromatic nitrogens is 1. The standard InChI is InChI=1S/C81H133N7O55/c1-22(98)84-27(10-83-39-8-6-7-9-82-39)44(104)64(28(103)11-89)136-74-42(87-25(4)101)53(113)66(35(18-96)131-74)139-80-63(123)70(142-81-71(143-73-41(86-24(3)100)52(112)46(106)30(13-91)127-73)61(121)67(36(19-97)133-81)137-75-43(88-26(5)102)54(114)65(34(17-95)132-75)138-78-59(119)56(116)48(108)32(15-93)129-78)68(140-72-40(85-23(2)99)51(111)45(105)29(12-90)126-72)38(135-80)21-125-77-62(122)69(141-79-60(120)57(117)49(109)33(16-94)130-79)50(110)37(134-77)20-124-76-58(118)55(115)47(107)31(14-92)128-76/h6-9,27-38,40-81,89-97,103-123H,10-21H2,1-5H3,(H,82,83)(H,84,98)(H,85,99)(H,86,100)(H,87,101)(H,88,102)/t27-,28+,29+,30+,31+,32+,33+,34+,35+,36+,37+,38+,40+,41+,42+,43+,44+,45+,46+,47+,48-,49+,50+,51+,52+,53+,54+,55-,56-,57-,58-,59+,60-,61-,62-,63-,64+,65+,66+,67+,68+,69-,70+,71-,72-,73-,74-,75-,76-,77-,78-,79+,80-,81+/m0/s1. The number of hydrogen-bond donors (Lipinski definition) is 36. The first-order valence-corrected chi connectivity index (χ1v) is 45.6. The van der Waals surface area contributed by atoms with E-state index < -0.39 is 440 Å². The lowest BCUT2D eigenvalue weighted by Gasteiger charge is -2.53. The molecular weight excluding hydrogens is 1950 g/mol. The molecule has 1 aromatic heterocycles. The van der Waals surface area contributed by atoms with E-state index in [9.17, 15) is 177 Å². The van der Waals surface area contributed by atoms with Gasteiger partial charge in [0.1, 0.15) is 268 Å². The second kappa shape index (κ2) is 52.8. The van der Waals surface area contributed by atoms with Crippen LogP contribution in [0.3, 0.4) is 0 Å². The first kappa shape index (κ1) is 118. The first-order chi connectivity index (χ1) is 67.8. The van der Waals surface area contributed by atoms with Gasteiger partial charge in [0.05, 0.1) is 78.7 Å². The van der Waals surface area contributed by atoms with E-state index in [0.29, 0.717) is 0 Å². The molecule has 0 radical (unpaired) electrons. The summed E-state index contributed by atoms with van der Waals surface area (Å²) in [7, 11) is 0. The topological polar surface area (TPSA) is 962 Å². The van der Waals surface area contributed by atoms with Crippen LogP contribution in [0, 0.1) is 0 Å². The number of hydrogen-bond acceptors (Lipinski definition) is 57. The second-order valence-corrected chi connectivity index (χ2v) is 35.7. The fourth-order valence-corrected chi connectivity index (χ4v) is 18.0. The molecule has 54 atom stereocenters. The molecule has 0 aromatic carbocycles. The molecule has 5 amide bonds. The molecule has 62 heteroatoms. The zero-order valence-electron chi connectivity index (χ0n) is 77.0. The number of aliphatic hydroxyl groups is 30. The number of anilines is 1. The molecule has 11 heterocycles. The Morgan fingerprint density at radius 2 is 0.629 bits per heavy atom. The highest BCUT2D eigenvalue weighted by atomic mass is 16.8. The van der Waals surface area contributed by atoms with Gasteiger partial charge in [-0.1, -0.05) is 6.07 Å². The van der Waals surface area contributed by atoms with Crippen LogP contribution in [-0.2, 0) is 119 Å². The van der Waals surface area contributed by atoms with Crippen LogP contribution in [-0.4, -0.2) is 598 Å². The van der Waals surface area contributed by atoms with E-state index >= 15 is 0 Å². The van der Waals surface area contributed by atoms with Crippen molar-refractivity contribution in [3.8, 4) is 0 Å². The maximum Gasteiger partial charge on any atom is 0.217 e. The van der Waals surface area contributed by atoms with Gasteiger partial charge in [-0.3, -0.25) is 24.0 Å². The monoisotopic (exact) mass is 2080 g/mol. The molecule has 10 saturated heterocycles. The zero-order valence-corrected chi connectivity index (χ0v) is 77.0. The molecule has 62 nitrogen and oxygen atoms in total. The van der Waals surface area contributed by atoms with E-state index in [2.05, 4.69) is 36.9 Å². The average Bonchev–Trinajstić information content (AvgIpc) is 0.742. The number of carbonyl (C=O) groups is 5. The third-order valence-corrected chi connectivity index (χ3v) is 25.6. The summed E-state index contributed by atoms with van der Waals surface area (Å²) in [6.45, 7) is -9.33. The average molecular weight is 2080 g/mol. The molecule has 36 N–H and O–H groups in total. The van der Waals surface area contributed by atoms with Gasteiger partial charge in [0.25, 0.3) is 0 Å². The van der Waals surface area contributed by atoms with Crippen molar-refractivity contribution in [3.05, 3.63) is 24.4 Å². The number of aliphatic hydroxyl groups excluding tert-OH is 30. The molecule has 822 valence electrons. The molecule has 0 bridgehead atoms. The van der Waals surface area contributed by atoms with Gasteiger partial charge in [-0.05, 0) is 12.1 Å². The van der Waals surface area contributed by atoms with Crippen molar-refractivity contribution in [2.75, 3.05) is 84.5 Å². The number of pyridine rings is 1. The third kappa shape index (κ3) is 27.4. The molecule has 10 aliphatic rings. The molecule has 10 fully saturated rings. The Morgan fingerprint density at radius 1 is 0.308 bits per heavy atom. The lowest BCUT2D eigenvalue weighted by atomic mass is 9.93. The van der Waals surface area contributed by atoms with Crippen molar-refractivity contribution in [2.45, 2.75) is 366 Å². The Hall–Kier alpha value is -5.70. The molecule has 0 unspecified atom stereocenters. The number of nitrogens with zero attached hydrogens (tertiary/aromatic N) is 1. The minimum Gasteiger partial charge on any atom is -0.394 e. The van der Waals surface area contributed by atoms with Gasteiger partial charge in [0.2, 0.25) is 29.5 Å². The van der Waals surface area contributed by atoms with Crippen molar-refractivity contribution < 1.29 is 272 Å². The van der Waals surface area contributed by atoms with E-state index in [1.54, 1.807) is 12.1 Å². The molecule has 10 aliphatic heterocycles. The molecule has 1 aromatic rings. The van der Waals surface area contributed by atoms with E-state index in [4.69, 9.17) is 94.7 Å². The SMILES string of the molecule is CC(=O)N[C@H]1[C@H](O[C@@H]([C@H](O)[C@H](CNc2ccccn2)NC(C)=O)[C@H](O)CO)O[C@H](CO)[C@@H](O[C@@H]2O[C@H](CO[C@H]3O[C@H](CO[C@H]4O[C@H](CO)[C@@H](O)[C@H](O)[C@@H]4O)[C@@H](O)[C@H](O[C@H]4O[C@H](CO)[C@@H](O)[C@H](O)[C@@H]4O)[C@@H]3O)[C@@H](O[C@@H]3O[C@H](CO)[C@@H](O)[C@H](O)[C@H]3NC(C)=O)[C@H](O[C@H]3O[C@H](CO)[C@@H](O[C@@H]4O[C@H](CO)[C@@H](O[C@@H]5O[C@H](CO)[C@H](O)[C@H](O)[C@H]5O)[C@H](O)[C@H]4NC(C)=O)[C@H](O)[C@@H]3O[C@@H]3O[C@H](CO)[C@@H](O)[C@H](O)[C@H]3NC(C)=O)[C@@H]2O)[C@@H]1O. The highest BCUT2D eigenvalue weighted by Gasteiger charge is 2.63. The summed E-state index contributed by atoms with van der Waals surface area (Å²) in [6.07, 6.45) is -110. The summed E-state index contributed by atoms with van der Waals surface area (Å²) in [4.78, 5) is 70.3. The summed E-state index contributed by atoms with van der Waals surface area (Å²) in [5.74, 6) is -4.77. The van der Waals surface area contributed by atoms with Crippen LogP contribution in [0.4, 0.5) is 5.82 Å². The van der Waals surface area contributed by atoms with Crippen LogP contribution >= 0.6 is 0 Å². The minimum absolute atomic E-state index is 0.188. The molecule has 11 rings (SSSR count). The fraction of sp³-hybridized carbons (Fsp3) is 0.877. The number of amides is 5. The summed E-state index contributed by atoms with van der Waals surface area (Å²) in [6, 6.07) is -5.29. The van der Waals surface area contributed by atoms with Crippen LogP contribution in [0.1, 0.15) is 34.6 Å². The van der Waals surface area contributed by atoms with Crippen molar-refractivity contribution in [1.82, 2.24) is 31.6 Å². The summed E-state index contributed by atoms with van der Waals surface area (Å²) in [5, 5.41) is 357. The lowest BCUT2D eigenvalue weighted by molar-refractivity contribution is -0.412. The maximum atomic E-state index is 13.7. The number of nitrogens with one attached hydrogen (secondary N) is 6. The lowest BCUT2D eigenvalue weighted by Crippen LogP contribution is -2.72. The van der Waals surface area contributed by atoms with Crippen LogP contribution < -0.4 is 31.9 Å². The molecule has 143 heavy (non-hydrogen) atoms. The fourth-order valence-electron chi connectivity index (χ4n) is 18.0. The Kier molecular flexibility index (Phi) is 43.4. The predicted octanol–water partition coefficient (Wildman–Crippen LogP) is -23.1. The van der Waals surface area contributed by atoms with Gasteiger partial charge in [0, 0.05) is 47.4 Å². The summed E-state index contributed by atoms with van der Waals surface area (Å²) in [5.41, 5.74) is 0. The molecule has 0 saturated carbocycles. The summed E-state index contributed by atoms with van der Waals surface area (Å²) < 4.78 is 123. The highest BCUT2D eigenvalue weighted by Crippen LogP contribution is 2.43. The van der Waals surface area contributed by atoms with Gasteiger partial charge >= 0.3 is 0 Å². The number of carbonyl (C=O) groups excluding carboxylic acids is 5. The maximum absolute atomic E-state index is 13.7. The van der Waals surface area contributed by atoms with E-state index in [-0.39, 0.29) is 5.82 Å². The molecule has 0 aliphatic carbocycles. The Labute approximate surface area is 811 Å². The molecule has 0 spiro atoms. The Morgan fingerprint density at radius 3 is 1.06 bits per heavy atom. The van der Waals surface area contributed by atoms with Gasteiger partial charge in [0.15, 0.2) is 62.9 Å². The van der Waals surface area contributed by atoms with Crippen molar-refractivity contribution in [3.63, 3.8) is 0 Å². The van der Waals surface area contributed by atoms with Gasteiger partial charge < -0.3 is 280 Å². The zero-order chi connectivity index (χ0) is 105. The predicted molar refractivity (Wildman–Crippen MR) is 448 cm³/mol. The Bertz CT molecular complexity index is 4080. The number of ether oxygens (including phenoxy) is 20. The second-order valence-electron chi connectivity index (χ2n) is 35.7. The van der Waals surface area contributed by atoms with Crippen LogP contribution in [0.15, 0.2) is 24.4 Å². The van der Waals surface area contributed by atoms with Crippen molar-refractivity contribution in [2.24, 2.45) is 0 Å². The third-order valence-electron chi connectivity index (χ3n) is 25.6. The normalized spacial score (nSPS) is 45.0. The number of rotatable bonds is 42. The smallest absolute Gasteiger partial charge is 0.217 e. The Balaban J connectivity index is 1.06. The van der Waals surface area contributed by atoms with E-state index in [1.165, 1.54) is 12.3 Å². The van der Waals surface area contributed by atoms with Crippen molar-refractivity contribution in [1.29, 1.82) is 0 Å². The molecular formula is C81H133N7O55. The van der Waals surface area contributed by atoms with Crippen LogP contribution in [0.5, 0.6) is 0 Å². The van der Waals surface area contributed by atoms with E-state index in [1.807, 2.05) is 0 Å². The van der Waals surface area contributed by atoms with Gasteiger partial charge in [-0.2, -0.15) is 0 Å². The van der Waals surface area contributed by atoms with Gasteiger partial charge in [-0.25, -0.2) is 4.98 Å². The quantitative estimate of drug-likeness (QED) is 0.0289. The van der Waals surface area contributed by atoms with Crippen molar-refractivity contribution >= 4 is 35.4 Å². The summed E-state index contributed by atoms with van der Waals surface area (Å²) >= 11 is 0. The highest BCUT2D eigenvalue weighted by molar-refractivity contribution is 5.75. The van der Waals surface area contributed by atoms with Crippen LogP contribution in [0.25, 0.3) is 0 Å². The minimum atomic E-state index is -2.90. The van der Waals surface area contributed by atoms with Crippen LogP contribution in [0.2, 0.25) is 0 Å². The first-order valence-electron chi connectivity index (χ1n) is 45.6. The van der Waals surface area contributed by atoms with E-state index in [0.717, 1.165) is 34.6 Å².